The van der Waals surface area contributed by atoms with E-state index in [4.69, 9.17) is 9.15 Å². The van der Waals surface area contributed by atoms with E-state index >= 15 is 0 Å². The molecule has 0 radical (unpaired) electrons. The van der Waals surface area contributed by atoms with Crippen molar-refractivity contribution in [3.8, 4) is 0 Å². The molecule has 0 saturated carbocycles. The second kappa shape index (κ2) is 8.67. The number of methoxy groups -OCH3 is 1. The molecule has 4 aromatic rings. The fraction of sp³-hybridized carbons (Fsp3) is 0.217. The molecule has 0 saturated heterocycles. The van der Waals surface area contributed by atoms with E-state index in [2.05, 4.69) is 10.3 Å². The van der Waals surface area contributed by atoms with Crippen molar-refractivity contribution < 1.29 is 18.7 Å². The molecule has 0 bridgehead atoms. The molecular weight excluding hydrogens is 400 g/mol. The van der Waals surface area contributed by atoms with Gasteiger partial charge in [0.15, 0.2) is 5.76 Å². The average Bonchev–Trinajstić information content (AvgIpc) is 3.35. The minimum atomic E-state index is -0.836. The molecule has 0 fully saturated rings. The van der Waals surface area contributed by atoms with Gasteiger partial charge in [0.05, 0.1) is 7.11 Å². The Morgan fingerprint density at radius 2 is 1.87 bits per heavy atom. The van der Waals surface area contributed by atoms with Crippen molar-refractivity contribution in [2.75, 3.05) is 13.4 Å². The number of carbonyl (C=O) groups excluding carboxylic acids is 2. The topological polar surface area (TPSA) is 84.3 Å². The molecule has 1 amide bonds. The highest BCUT2D eigenvalue weighted by molar-refractivity contribution is 7.97. The smallest absolute Gasteiger partial charge is 0.328 e. The first-order valence-corrected chi connectivity index (χ1v) is 10.9. The van der Waals surface area contributed by atoms with Crippen LogP contribution in [0.5, 0.6) is 0 Å². The number of fused-ring (bicyclic) bond motifs is 2. The Hall–Kier alpha value is -3.19. The summed E-state index contributed by atoms with van der Waals surface area (Å²) < 4.78 is 10.8. The fourth-order valence-electron chi connectivity index (χ4n) is 3.65. The summed E-state index contributed by atoms with van der Waals surface area (Å²) in [4.78, 5) is 28.7. The lowest BCUT2D eigenvalue weighted by atomic mass is 10.0. The van der Waals surface area contributed by atoms with E-state index in [0.29, 0.717) is 17.8 Å². The minimum absolute atomic E-state index is 0.235. The van der Waals surface area contributed by atoms with Crippen LogP contribution in [0, 0.1) is 0 Å². The third-order valence-corrected chi connectivity index (χ3v) is 5.66. The van der Waals surface area contributed by atoms with E-state index in [1.807, 2.05) is 61.0 Å². The highest BCUT2D eigenvalue weighted by atomic mass is 32.2. The van der Waals surface area contributed by atoms with Crippen molar-refractivity contribution in [3.05, 3.63) is 71.6 Å². The van der Waals surface area contributed by atoms with Crippen LogP contribution >= 0.6 is 11.8 Å². The number of furan rings is 1. The zero-order valence-electron chi connectivity index (χ0n) is 16.7. The molecule has 6 nitrogen and oxygen atoms in total. The third kappa shape index (κ3) is 3.80. The molecule has 2 aromatic heterocycles. The van der Waals surface area contributed by atoms with Gasteiger partial charge in [-0.2, -0.15) is 11.8 Å². The average molecular weight is 423 g/mol. The number of nitrogens with one attached hydrogen (secondary N) is 2. The summed E-state index contributed by atoms with van der Waals surface area (Å²) in [5, 5.41) is 4.73. The van der Waals surface area contributed by atoms with Crippen LogP contribution in [0.25, 0.3) is 21.9 Å². The zero-order valence-corrected chi connectivity index (χ0v) is 17.5. The van der Waals surface area contributed by atoms with Crippen molar-refractivity contribution in [2.24, 2.45) is 0 Å². The predicted molar refractivity (Wildman–Crippen MR) is 119 cm³/mol. The predicted octanol–water partition coefficient (Wildman–Crippen LogP) is 4.29. The van der Waals surface area contributed by atoms with Crippen LogP contribution in [0.1, 0.15) is 21.7 Å². The van der Waals surface area contributed by atoms with Crippen LogP contribution < -0.4 is 5.32 Å². The first-order chi connectivity index (χ1) is 14.6. The van der Waals surface area contributed by atoms with Gasteiger partial charge >= 0.3 is 5.97 Å². The maximum absolute atomic E-state index is 13.1. The van der Waals surface area contributed by atoms with Crippen LogP contribution in [0.2, 0.25) is 0 Å². The van der Waals surface area contributed by atoms with Gasteiger partial charge < -0.3 is 19.5 Å². The Bertz CT molecular complexity index is 1210. The number of aromatic nitrogens is 1. The molecule has 1 atom stereocenters. The maximum Gasteiger partial charge on any atom is 0.328 e. The molecule has 154 valence electrons. The number of benzene rings is 2. The molecule has 1 unspecified atom stereocenters. The SMILES string of the molecule is COC(=O)C(Cc1c[nH]c2ccccc12)NC(=O)c1oc2ccccc2c1CSC. The van der Waals surface area contributed by atoms with Crippen LogP contribution in [0.4, 0.5) is 0 Å². The summed E-state index contributed by atoms with van der Waals surface area (Å²) in [7, 11) is 1.32. The molecule has 0 spiro atoms. The largest absolute Gasteiger partial charge is 0.467 e. The number of carbonyl (C=O) groups is 2. The number of aromatic amines is 1. The Kier molecular flexibility index (Phi) is 5.81. The molecule has 7 heteroatoms. The molecule has 0 aliphatic heterocycles. The van der Waals surface area contributed by atoms with Gasteiger partial charge in [-0.1, -0.05) is 36.4 Å². The normalized spacial score (nSPS) is 12.2. The van der Waals surface area contributed by atoms with E-state index in [1.165, 1.54) is 7.11 Å². The molecule has 4 rings (SSSR count). The van der Waals surface area contributed by atoms with Gasteiger partial charge in [0.2, 0.25) is 0 Å². The summed E-state index contributed by atoms with van der Waals surface area (Å²) in [5.74, 6) is -0.0644. The van der Waals surface area contributed by atoms with Gasteiger partial charge in [0.1, 0.15) is 11.6 Å². The minimum Gasteiger partial charge on any atom is -0.467 e. The molecule has 0 aliphatic rings. The lowest BCUT2D eigenvalue weighted by Gasteiger charge is -2.16. The number of hydrogen-bond donors (Lipinski definition) is 2. The van der Waals surface area contributed by atoms with E-state index in [0.717, 1.165) is 27.4 Å². The second-order valence-electron chi connectivity index (χ2n) is 6.95. The molecule has 30 heavy (non-hydrogen) atoms. The lowest BCUT2D eigenvalue weighted by Crippen LogP contribution is -2.43. The van der Waals surface area contributed by atoms with Crippen molar-refractivity contribution in [3.63, 3.8) is 0 Å². The molecule has 2 aromatic carbocycles. The van der Waals surface area contributed by atoms with Crippen molar-refractivity contribution >= 4 is 45.5 Å². The standard InChI is InChI=1S/C23H22N2O4S/c1-28-23(27)19(11-14-12-24-18-9-5-3-7-15(14)18)25-22(26)21-17(13-30-2)16-8-4-6-10-20(16)29-21/h3-10,12,19,24H,11,13H2,1-2H3,(H,25,26). The Labute approximate surface area is 178 Å². The molecular formula is C23H22N2O4S. The molecule has 2 N–H and O–H groups in total. The van der Waals surface area contributed by atoms with E-state index < -0.39 is 17.9 Å². The van der Waals surface area contributed by atoms with Crippen LogP contribution in [0.15, 0.2) is 59.1 Å². The first-order valence-electron chi connectivity index (χ1n) is 9.55. The third-order valence-electron chi connectivity index (χ3n) is 5.08. The van der Waals surface area contributed by atoms with Gasteiger partial charge in [-0.15, -0.1) is 0 Å². The fourth-order valence-corrected chi connectivity index (χ4v) is 4.22. The number of esters is 1. The Morgan fingerprint density at radius 1 is 1.13 bits per heavy atom. The van der Waals surface area contributed by atoms with Gasteiger partial charge in [-0.3, -0.25) is 4.79 Å². The monoisotopic (exact) mass is 422 g/mol. The number of thioether (sulfide) groups is 1. The number of rotatable bonds is 7. The Balaban J connectivity index is 1.64. The van der Waals surface area contributed by atoms with Gasteiger partial charge in [0.25, 0.3) is 5.91 Å². The number of hydrogen-bond acceptors (Lipinski definition) is 5. The maximum atomic E-state index is 13.1. The van der Waals surface area contributed by atoms with Crippen molar-refractivity contribution in [1.82, 2.24) is 10.3 Å². The number of H-pyrrole nitrogens is 1. The van der Waals surface area contributed by atoms with Crippen molar-refractivity contribution in [1.29, 1.82) is 0 Å². The summed E-state index contributed by atoms with van der Waals surface area (Å²) in [6.45, 7) is 0. The van der Waals surface area contributed by atoms with Crippen LogP contribution in [0.3, 0.4) is 0 Å². The summed E-state index contributed by atoms with van der Waals surface area (Å²) in [6, 6.07) is 14.5. The van der Waals surface area contributed by atoms with Crippen molar-refractivity contribution in [2.45, 2.75) is 18.2 Å². The molecule has 2 heterocycles. The first kappa shape index (κ1) is 20.1. The van der Waals surface area contributed by atoms with Gasteiger partial charge in [-0.25, -0.2) is 4.79 Å². The number of amides is 1. The highest BCUT2D eigenvalue weighted by Gasteiger charge is 2.27. The van der Waals surface area contributed by atoms with E-state index in [1.54, 1.807) is 11.8 Å². The highest BCUT2D eigenvalue weighted by Crippen LogP contribution is 2.29. The second-order valence-corrected chi connectivity index (χ2v) is 7.82. The summed E-state index contributed by atoms with van der Waals surface area (Å²) in [5.41, 5.74) is 3.38. The van der Waals surface area contributed by atoms with Crippen LogP contribution in [-0.2, 0) is 21.7 Å². The summed E-state index contributed by atoms with van der Waals surface area (Å²) in [6.07, 6.45) is 4.13. The van der Waals surface area contributed by atoms with Gasteiger partial charge in [0, 0.05) is 40.2 Å². The van der Waals surface area contributed by atoms with Crippen LogP contribution in [-0.4, -0.2) is 36.3 Å². The van der Waals surface area contributed by atoms with Gasteiger partial charge in [-0.05, 0) is 24.0 Å². The molecule has 0 aliphatic carbocycles. The summed E-state index contributed by atoms with van der Waals surface area (Å²) >= 11 is 1.60. The van der Waals surface area contributed by atoms with E-state index in [-0.39, 0.29) is 5.76 Å². The lowest BCUT2D eigenvalue weighted by molar-refractivity contribution is -0.142. The Morgan fingerprint density at radius 3 is 2.63 bits per heavy atom. The van der Waals surface area contributed by atoms with E-state index in [9.17, 15) is 9.59 Å². The quantitative estimate of drug-likeness (QED) is 0.434. The number of para-hydroxylation sites is 2. The zero-order chi connectivity index (χ0) is 21.1. The number of ether oxygens (including phenoxy) is 1.